The number of hydrogen-bond acceptors (Lipinski definition) is 1. The van der Waals surface area contributed by atoms with Crippen molar-refractivity contribution in [2.75, 3.05) is 0 Å². The molecule has 1 atom stereocenters. The van der Waals surface area contributed by atoms with Crippen molar-refractivity contribution < 1.29 is 4.79 Å². The summed E-state index contributed by atoms with van der Waals surface area (Å²) >= 11 is 12.5. The molecule has 0 fully saturated rings. The Hall–Kier alpha value is 0.140. The van der Waals surface area contributed by atoms with Crippen molar-refractivity contribution in [2.45, 2.75) is 17.6 Å². The van der Waals surface area contributed by atoms with Crippen molar-refractivity contribution in [3.8, 4) is 0 Å². The monoisotopic (exact) mass is 338 g/mol. The molecule has 0 radical (unpaired) electrons. The van der Waals surface area contributed by atoms with E-state index in [1.807, 2.05) is 12.1 Å². The van der Waals surface area contributed by atoms with Crippen molar-refractivity contribution in [3.63, 3.8) is 0 Å². The van der Waals surface area contributed by atoms with E-state index in [2.05, 4.69) is 31.9 Å². The molecular weight excluding hydrogens is 331 g/mol. The number of alkyl halides is 2. The predicted molar refractivity (Wildman–Crippen MR) is 66.4 cm³/mol. The van der Waals surface area contributed by atoms with E-state index in [1.54, 1.807) is 13.0 Å². The molecule has 0 aliphatic heterocycles. The first-order chi connectivity index (χ1) is 6.56. The zero-order valence-corrected chi connectivity index (χ0v) is 11.5. The fourth-order valence-corrected chi connectivity index (χ4v) is 2.12. The SMILES string of the molecule is CC(Cl)C(=O)c1ccc(Br)cc1CBr. The molecule has 0 bridgehead atoms. The van der Waals surface area contributed by atoms with Crippen molar-refractivity contribution in [2.24, 2.45) is 0 Å². The van der Waals surface area contributed by atoms with Gasteiger partial charge in [0, 0.05) is 15.4 Å². The first-order valence-electron chi connectivity index (χ1n) is 4.09. The van der Waals surface area contributed by atoms with Gasteiger partial charge in [-0.1, -0.05) is 31.9 Å². The van der Waals surface area contributed by atoms with Gasteiger partial charge in [0.25, 0.3) is 0 Å². The number of rotatable bonds is 3. The smallest absolute Gasteiger partial charge is 0.180 e. The minimum Gasteiger partial charge on any atom is -0.293 e. The summed E-state index contributed by atoms with van der Waals surface area (Å²) in [6.45, 7) is 1.68. The van der Waals surface area contributed by atoms with Gasteiger partial charge in [-0.05, 0) is 30.7 Å². The number of carbonyl (C=O) groups is 1. The van der Waals surface area contributed by atoms with Gasteiger partial charge in [0.1, 0.15) is 0 Å². The van der Waals surface area contributed by atoms with Crippen LogP contribution in [-0.2, 0) is 5.33 Å². The molecule has 4 heteroatoms. The van der Waals surface area contributed by atoms with E-state index in [1.165, 1.54) is 0 Å². The molecule has 1 nitrogen and oxygen atoms in total. The van der Waals surface area contributed by atoms with Gasteiger partial charge in [0.15, 0.2) is 5.78 Å². The number of benzene rings is 1. The second kappa shape index (κ2) is 5.29. The maximum Gasteiger partial charge on any atom is 0.180 e. The zero-order chi connectivity index (χ0) is 10.7. The minimum atomic E-state index is -0.478. The normalized spacial score (nSPS) is 12.6. The second-order valence-corrected chi connectivity index (χ2v) is 5.05. The molecule has 0 spiro atoms. The highest BCUT2D eigenvalue weighted by Crippen LogP contribution is 2.21. The van der Waals surface area contributed by atoms with Crippen molar-refractivity contribution in [3.05, 3.63) is 33.8 Å². The number of carbonyl (C=O) groups excluding carboxylic acids is 1. The van der Waals surface area contributed by atoms with E-state index in [0.717, 1.165) is 10.0 Å². The molecule has 1 aromatic rings. The van der Waals surface area contributed by atoms with Crippen LogP contribution < -0.4 is 0 Å². The molecule has 76 valence electrons. The summed E-state index contributed by atoms with van der Waals surface area (Å²) in [5.41, 5.74) is 1.64. The summed E-state index contributed by atoms with van der Waals surface area (Å²) in [4.78, 5) is 11.7. The summed E-state index contributed by atoms with van der Waals surface area (Å²) in [5.74, 6) is -0.0337. The Balaban J connectivity index is 3.14. The van der Waals surface area contributed by atoms with Gasteiger partial charge in [-0.15, -0.1) is 11.6 Å². The van der Waals surface area contributed by atoms with E-state index >= 15 is 0 Å². The number of ketones is 1. The van der Waals surface area contributed by atoms with E-state index in [4.69, 9.17) is 11.6 Å². The predicted octanol–water partition coefficient (Wildman–Crippen LogP) is 4.15. The number of hydrogen-bond donors (Lipinski definition) is 0. The molecule has 1 unspecified atom stereocenters. The van der Waals surface area contributed by atoms with Gasteiger partial charge in [0.2, 0.25) is 0 Å². The summed E-state index contributed by atoms with van der Waals surface area (Å²) < 4.78 is 0.964. The highest BCUT2D eigenvalue weighted by atomic mass is 79.9. The van der Waals surface area contributed by atoms with Crippen LogP contribution in [0.25, 0.3) is 0 Å². The average Bonchev–Trinajstić information content (AvgIpc) is 2.16. The summed E-state index contributed by atoms with van der Waals surface area (Å²) in [6.07, 6.45) is 0. The topological polar surface area (TPSA) is 17.1 Å². The highest BCUT2D eigenvalue weighted by Gasteiger charge is 2.15. The van der Waals surface area contributed by atoms with E-state index in [9.17, 15) is 4.79 Å². The Kier molecular flexibility index (Phi) is 4.61. The Morgan fingerprint density at radius 2 is 2.21 bits per heavy atom. The Labute approximate surface area is 105 Å². The van der Waals surface area contributed by atoms with Crippen LogP contribution in [0.15, 0.2) is 22.7 Å². The molecule has 1 rings (SSSR count). The fourth-order valence-electron chi connectivity index (χ4n) is 1.13. The Morgan fingerprint density at radius 1 is 1.57 bits per heavy atom. The molecule has 0 aliphatic carbocycles. The molecule has 0 aliphatic rings. The third-order valence-electron chi connectivity index (χ3n) is 1.84. The van der Waals surface area contributed by atoms with Crippen LogP contribution in [0.4, 0.5) is 0 Å². The number of halogens is 3. The maximum absolute atomic E-state index is 11.7. The van der Waals surface area contributed by atoms with Crippen LogP contribution in [0, 0.1) is 0 Å². The summed E-state index contributed by atoms with van der Waals surface area (Å²) in [5, 5.41) is 0.172. The van der Waals surface area contributed by atoms with Crippen molar-refractivity contribution in [1.82, 2.24) is 0 Å². The van der Waals surface area contributed by atoms with Crippen LogP contribution in [0.5, 0.6) is 0 Å². The molecule has 0 heterocycles. The maximum atomic E-state index is 11.7. The van der Waals surface area contributed by atoms with E-state index in [-0.39, 0.29) is 5.78 Å². The lowest BCUT2D eigenvalue weighted by Crippen LogP contribution is -2.12. The number of Topliss-reactive ketones (excluding diaryl/α,β-unsaturated/α-hetero) is 1. The first-order valence-corrected chi connectivity index (χ1v) is 6.44. The summed E-state index contributed by atoms with van der Waals surface area (Å²) in [7, 11) is 0. The summed E-state index contributed by atoms with van der Waals surface area (Å²) in [6, 6.07) is 5.56. The molecule has 0 N–H and O–H groups in total. The average molecular weight is 340 g/mol. The van der Waals surface area contributed by atoms with Gasteiger partial charge >= 0.3 is 0 Å². The molecule has 1 aromatic carbocycles. The first kappa shape index (κ1) is 12.2. The van der Waals surface area contributed by atoms with Gasteiger partial charge in [-0.2, -0.15) is 0 Å². The lowest BCUT2D eigenvalue weighted by Gasteiger charge is -2.07. The molecular formula is C10H9Br2ClO. The lowest BCUT2D eigenvalue weighted by atomic mass is 10.0. The van der Waals surface area contributed by atoms with Crippen LogP contribution in [-0.4, -0.2) is 11.2 Å². The van der Waals surface area contributed by atoms with Crippen LogP contribution in [0.2, 0.25) is 0 Å². The largest absolute Gasteiger partial charge is 0.293 e. The third kappa shape index (κ3) is 2.81. The van der Waals surface area contributed by atoms with Gasteiger partial charge < -0.3 is 0 Å². The Morgan fingerprint density at radius 3 is 2.71 bits per heavy atom. The van der Waals surface area contributed by atoms with E-state index in [0.29, 0.717) is 10.9 Å². The quantitative estimate of drug-likeness (QED) is 0.597. The third-order valence-corrected chi connectivity index (χ3v) is 3.13. The van der Waals surface area contributed by atoms with Crippen LogP contribution >= 0.6 is 43.5 Å². The molecule has 0 saturated carbocycles. The van der Waals surface area contributed by atoms with Crippen LogP contribution in [0.1, 0.15) is 22.8 Å². The molecule has 0 aromatic heterocycles. The molecule has 0 amide bonds. The Bertz CT molecular complexity index is 350. The standard InChI is InChI=1S/C10H9Br2ClO/c1-6(13)10(14)9-3-2-8(12)4-7(9)5-11/h2-4,6H,5H2,1H3. The van der Waals surface area contributed by atoms with Gasteiger partial charge in [-0.3, -0.25) is 4.79 Å². The van der Waals surface area contributed by atoms with Crippen LogP contribution in [0.3, 0.4) is 0 Å². The second-order valence-electron chi connectivity index (χ2n) is 2.92. The molecule has 14 heavy (non-hydrogen) atoms. The zero-order valence-electron chi connectivity index (χ0n) is 7.56. The van der Waals surface area contributed by atoms with E-state index < -0.39 is 5.38 Å². The lowest BCUT2D eigenvalue weighted by molar-refractivity contribution is 0.0991. The van der Waals surface area contributed by atoms with Crippen molar-refractivity contribution >= 4 is 49.2 Å². The van der Waals surface area contributed by atoms with Gasteiger partial charge in [0.05, 0.1) is 5.38 Å². The van der Waals surface area contributed by atoms with Crippen molar-refractivity contribution in [1.29, 1.82) is 0 Å². The highest BCUT2D eigenvalue weighted by molar-refractivity contribution is 9.10. The minimum absolute atomic E-state index is 0.0337. The van der Waals surface area contributed by atoms with Gasteiger partial charge in [-0.25, -0.2) is 0 Å². The molecule has 0 saturated heterocycles. The fraction of sp³-hybridized carbons (Fsp3) is 0.300.